The molecule has 3 aromatic rings. The number of rotatable bonds is 1. The molecule has 0 radical (unpaired) electrons. The first-order valence-electron chi connectivity index (χ1n) is 7.41. The summed E-state index contributed by atoms with van der Waals surface area (Å²) in [4.78, 5) is 16.3. The van der Waals surface area contributed by atoms with Gasteiger partial charge < -0.3 is 14.1 Å². The van der Waals surface area contributed by atoms with Crippen LogP contribution in [-0.2, 0) is 13.5 Å². The molecule has 0 amide bonds. The van der Waals surface area contributed by atoms with Crippen molar-refractivity contribution in [3.8, 4) is 11.1 Å². The number of aliphatic hydroxyl groups is 1. The Morgan fingerprint density at radius 2 is 2.09 bits per heavy atom. The summed E-state index contributed by atoms with van der Waals surface area (Å²) in [6.07, 6.45) is 5.02. The van der Waals surface area contributed by atoms with Gasteiger partial charge in [0.2, 0.25) is 0 Å². The second-order valence-corrected chi connectivity index (χ2v) is 5.97. The third-order valence-electron chi connectivity index (χ3n) is 4.41. The van der Waals surface area contributed by atoms with Gasteiger partial charge in [-0.1, -0.05) is 0 Å². The molecule has 1 aliphatic carbocycles. The fourth-order valence-electron chi connectivity index (χ4n) is 3.24. The number of aryl methyl sites for hydroxylation is 3. The third kappa shape index (κ3) is 1.82. The fraction of sp³-hybridized carbons (Fsp3) is 0.294. The highest BCUT2D eigenvalue weighted by Crippen LogP contribution is 2.32. The Kier molecular flexibility index (Phi) is 2.74. The second-order valence-electron chi connectivity index (χ2n) is 5.97. The smallest absolute Gasteiger partial charge is 0.253 e. The first-order chi connectivity index (χ1) is 10.5. The van der Waals surface area contributed by atoms with E-state index in [2.05, 4.69) is 9.38 Å². The van der Waals surface area contributed by atoms with E-state index in [1.54, 1.807) is 11.6 Å². The number of pyridine rings is 2. The third-order valence-corrected chi connectivity index (χ3v) is 4.41. The zero-order valence-corrected chi connectivity index (χ0v) is 12.6. The van der Waals surface area contributed by atoms with Crippen LogP contribution in [0.5, 0.6) is 0 Å². The van der Waals surface area contributed by atoms with Crippen LogP contribution < -0.4 is 5.56 Å². The van der Waals surface area contributed by atoms with Crippen molar-refractivity contribution in [2.45, 2.75) is 25.9 Å². The highest BCUT2D eigenvalue weighted by molar-refractivity contribution is 5.65. The first-order valence-corrected chi connectivity index (χ1v) is 7.41. The van der Waals surface area contributed by atoms with Crippen LogP contribution in [0.3, 0.4) is 0 Å². The maximum Gasteiger partial charge on any atom is 0.253 e. The highest BCUT2D eigenvalue weighted by Gasteiger charge is 2.25. The van der Waals surface area contributed by atoms with Gasteiger partial charge in [-0.25, -0.2) is 4.98 Å². The molecule has 0 aliphatic heterocycles. The minimum absolute atomic E-state index is 0.0245. The minimum atomic E-state index is -0.446. The Labute approximate surface area is 127 Å². The lowest BCUT2D eigenvalue weighted by atomic mass is 10.1. The largest absolute Gasteiger partial charge is 0.387 e. The SMILES string of the molecule is Cc1cc(-c2ccc3nc4c(n3c2)CCC4O)cn(C)c1=O. The van der Waals surface area contributed by atoms with Crippen molar-refractivity contribution in [1.29, 1.82) is 0 Å². The summed E-state index contributed by atoms with van der Waals surface area (Å²) < 4.78 is 3.66. The molecule has 0 aromatic carbocycles. The zero-order chi connectivity index (χ0) is 15.4. The molecule has 0 saturated heterocycles. The molecule has 1 unspecified atom stereocenters. The van der Waals surface area contributed by atoms with Crippen molar-refractivity contribution < 1.29 is 5.11 Å². The number of nitrogens with zero attached hydrogens (tertiary/aromatic N) is 3. The summed E-state index contributed by atoms with van der Waals surface area (Å²) in [7, 11) is 1.77. The highest BCUT2D eigenvalue weighted by atomic mass is 16.3. The molecule has 4 rings (SSSR count). The molecule has 1 atom stereocenters. The van der Waals surface area contributed by atoms with Gasteiger partial charge in [0, 0.05) is 30.7 Å². The van der Waals surface area contributed by atoms with Gasteiger partial charge in [0.15, 0.2) is 0 Å². The van der Waals surface area contributed by atoms with E-state index >= 15 is 0 Å². The quantitative estimate of drug-likeness (QED) is 0.747. The van der Waals surface area contributed by atoms with Crippen LogP contribution in [-0.4, -0.2) is 19.1 Å². The van der Waals surface area contributed by atoms with Crippen LogP contribution >= 0.6 is 0 Å². The van der Waals surface area contributed by atoms with E-state index < -0.39 is 6.10 Å². The Balaban J connectivity index is 1.92. The van der Waals surface area contributed by atoms with Crippen LogP contribution in [0.15, 0.2) is 35.4 Å². The van der Waals surface area contributed by atoms with Crippen molar-refractivity contribution in [3.63, 3.8) is 0 Å². The van der Waals surface area contributed by atoms with E-state index in [0.717, 1.165) is 46.6 Å². The summed E-state index contributed by atoms with van der Waals surface area (Å²) in [6, 6.07) is 5.87. The lowest BCUT2D eigenvalue weighted by Crippen LogP contribution is -2.18. The molecular weight excluding hydrogens is 278 g/mol. The molecular formula is C17H17N3O2. The molecule has 5 nitrogen and oxygen atoms in total. The maximum atomic E-state index is 11.8. The fourth-order valence-corrected chi connectivity index (χ4v) is 3.24. The molecule has 1 N–H and O–H groups in total. The van der Waals surface area contributed by atoms with Crippen molar-refractivity contribution in [1.82, 2.24) is 14.0 Å². The van der Waals surface area contributed by atoms with Gasteiger partial charge in [0.1, 0.15) is 5.65 Å². The summed E-state index contributed by atoms with van der Waals surface area (Å²) in [5.41, 5.74) is 5.53. The number of aliphatic hydroxyl groups excluding tert-OH is 1. The molecule has 0 spiro atoms. The predicted molar refractivity (Wildman–Crippen MR) is 83.9 cm³/mol. The molecule has 5 heteroatoms. The molecule has 22 heavy (non-hydrogen) atoms. The molecule has 3 heterocycles. The van der Waals surface area contributed by atoms with Crippen LogP contribution in [0.1, 0.15) is 29.5 Å². The second kappa shape index (κ2) is 4.55. The van der Waals surface area contributed by atoms with E-state index in [1.807, 2.05) is 37.5 Å². The van der Waals surface area contributed by atoms with Gasteiger partial charge in [0.25, 0.3) is 5.56 Å². The molecule has 0 bridgehead atoms. The van der Waals surface area contributed by atoms with Crippen molar-refractivity contribution in [2.24, 2.45) is 7.05 Å². The molecule has 3 aromatic heterocycles. The van der Waals surface area contributed by atoms with Gasteiger partial charge in [0.05, 0.1) is 11.8 Å². The van der Waals surface area contributed by atoms with Gasteiger partial charge in [-0.05, 0) is 49.1 Å². The average Bonchev–Trinajstić information content (AvgIpc) is 3.04. The average molecular weight is 295 g/mol. The van der Waals surface area contributed by atoms with E-state index in [1.165, 1.54) is 0 Å². The topological polar surface area (TPSA) is 59.5 Å². The number of hydrogen-bond donors (Lipinski definition) is 1. The summed E-state index contributed by atoms with van der Waals surface area (Å²) in [5, 5.41) is 9.96. The van der Waals surface area contributed by atoms with Crippen molar-refractivity contribution in [2.75, 3.05) is 0 Å². The Morgan fingerprint density at radius 1 is 1.27 bits per heavy atom. The van der Waals surface area contributed by atoms with Gasteiger partial charge in [-0.3, -0.25) is 4.79 Å². The van der Waals surface area contributed by atoms with Crippen LogP contribution in [0.4, 0.5) is 0 Å². The number of imidazole rings is 1. The summed E-state index contributed by atoms with van der Waals surface area (Å²) >= 11 is 0. The van der Waals surface area contributed by atoms with Crippen LogP contribution in [0.2, 0.25) is 0 Å². The van der Waals surface area contributed by atoms with Crippen LogP contribution in [0, 0.1) is 6.92 Å². The van der Waals surface area contributed by atoms with Crippen LogP contribution in [0.25, 0.3) is 16.8 Å². The summed E-state index contributed by atoms with van der Waals surface area (Å²) in [6.45, 7) is 1.83. The van der Waals surface area contributed by atoms with Crippen molar-refractivity contribution >= 4 is 5.65 Å². The van der Waals surface area contributed by atoms with E-state index in [4.69, 9.17) is 0 Å². The number of fused-ring (bicyclic) bond motifs is 3. The normalized spacial score (nSPS) is 17.1. The van der Waals surface area contributed by atoms with E-state index in [9.17, 15) is 9.90 Å². The lowest BCUT2D eigenvalue weighted by molar-refractivity contribution is 0.176. The Hall–Kier alpha value is -2.40. The number of hydrogen-bond acceptors (Lipinski definition) is 3. The zero-order valence-electron chi connectivity index (χ0n) is 12.6. The monoisotopic (exact) mass is 295 g/mol. The van der Waals surface area contributed by atoms with Gasteiger partial charge in [-0.2, -0.15) is 0 Å². The van der Waals surface area contributed by atoms with Crippen molar-refractivity contribution in [3.05, 3.63) is 57.9 Å². The summed E-state index contributed by atoms with van der Waals surface area (Å²) in [5.74, 6) is 0. The van der Waals surface area contributed by atoms with Gasteiger partial charge in [-0.15, -0.1) is 0 Å². The standard InChI is InChI=1S/C17H17N3O2/c1-10-7-12(8-19(2)17(10)22)11-3-6-15-18-16-13(20(15)9-11)4-5-14(16)21/h3,6-9,14,21H,4-5H2,1-2H3. The Morgan fingerprint density at radius 3 is 2.86 bits per heavy atom. The number of aromatic nitrogens is 3. The van der Waals surface area contributed by atoms with E-state index in [0.29, 0.717) is 0 Å². The van der Waals surface area contributed by atoms with E-state index in [-0.39, 0.29) is 5.56 Å². The first kappa shape index (κ1) is 13.3. The minimum Gasteiger partial charge on any atom is -0.387 e. The molecule has 0 fully saturated rings. The predicted octanol–water partition coefficient (Wildman–Crippen LogP) is 1.99. The van der Waals surface area contributed by atoms with Gasteiger partial charge >= 0.3 is 0 Å². The Bertz CT molecular complexity index is 926. The molecule has 0 saturated carbocycles. The lowest BCUT2D eigenvalue weighted by Gasteiger charge is -2.08. The molecule has 1 aliphatic rings. The maximum absolute atomic E-state index is 11.8. The molecule has 112 valence electrons.